The van der Waals surface area contributed by atoms with E-state index in [4.69, 9.17) is 4.74 Å². The summed E-state index contributed by atoms with van der Waals surface area (Å²) < 4.78 is 16.0. The van der Waals surface area contributed by atoms with Crippen molar-refractivity contribution in [2.75, 3.05) is 19.0 Å². The molecule has 0 bridgehead atoms. The highest BCUT2D eigenvalue weighted by Gasteiger charge is 2.09. The predicted molar refractivity (Wildman–Crippen MR) is 44.3 cm³/mol. The Bertz CT molecular complexity index is 76.0. The highest BCUT2D eigenvalue weighted by Crippen LogP contribution is 1.99. The van der Waals surface area contributed by atoms with Gasteiger partial charge in [-0.1, -0.05) is 0 Å². The quantitative estimate of drug-likeness (QED) is 0.447. The highest BCUT2D eigenvalue weighted by molar-refractivity contribution is 7.92. The molecule has 2 nitrogen and oxygen atoms in total. The summed E-state index contributed by atoms with van der Waals surface area (Å²) in [7, 11) is 0. The van der Waals surface area contributed by atoms with E-state index in [0.29, 0.717) is 19.0 Å². The van der Waals surface area contributed by atoms with Crippen molar-refractivity contribution in [2.45, 2.75) is 19.1 Å². The van der Waals surface area contributed by atoms with E-state index >= 15 is 0 Å². The lowest BCUT2D eigenvalue weighted by Gasteiger charge is -2.13. The lowest BCUT2D eigenvalue weighted by atomic mass is 10.6. The number of hydrogen-bond donors (Lipinski definition) is 0. The van der Waals surface area contributed by atoms with Crippen molar-refractivity contribution in [1.82, 2.24) is 0 Å². The van der Waals surface area contributed by atoms with Gasteiger partial charge in [0.15, 0.2) is 0 Å². The first-order valence-corrected chi connectivity index (χ1v) is 4.84. The molecule has 2 unspecified atom stereocenters. The van der Waals surface area contributed by atoms with Crippen LogP contribution in [0.5, 0.6) is 0 Å². The molecule has 0 N–H and O–H groups in total. The first-order valence-electron chi connectivity index (χ1n) is 3.46. The minimum Gasteiger partial charge on any atom is -0.616 e. The van der Waals surface area contributed by atoms with E-state index in [9.17, 15) is 4.55 Å². The van der Waals surface area contributed by atoms with Crippen molar-refractivity contribution in [3.05, 3.63) is 6.92 Å². The zero-order valence-electron chi connectivity index (χ0n) is 6.63. The van der Waals surface area contributed by atoms with E-state index in [1.54, 1.807) is 0 Å². The van der Waals surface area contributed by atoms with Gasteiger partial charge in [0.25, 0.3) is 0 Å². The molecule has 0 heterocycles. The van der Waals surface area contributed by atoms with E-state index < -0.39 is 11.2 Å². The third-order valence-electron chi connectivity index (χ3n) is 1.08. The van der Waals surface area contributed by atoms with Crippen LogP contribution in [0.2, 0.25) is 0 Å². The fourth-order valence-corrected chi connectivity index (χ4v) is 1.17. The summed E-state index contributed by atoms with van der Waals surface area (Å²) in [4.78, 5) is 0. The van der Waals surface area contributed by atoms with Gasteiger partial charge in [0.2, 0.25) is 0 Å². The normalized spacial score (nSPS) is 14.1. The molecule has 0 fully saturated rings. The maximum Gasteiger partial charge on any atom is 0.129 e. The van der Waals surface area contributed by atoms with Gasteiger partial charge >= 0.3 is 0 Å². The lowest BCUT2D eigenvalue weighted by molar-refractivity contribution is 0.163. The average molecular weight is 163 g/mol. The number of hydrogen-bond acceptors (Lipinski definition) is 2. The Kier molecular flexibility index (Phi) is 6.17. The van der Waals surface area contributed by atoms with Crippen LogP contribution in [0.3, 0.4) is 0 Å². The SMILES string of the molecule is [CH2]C(C)[S+]([O-])CCOCC. The van der Waals surface area contributed by atoms with Gasteiger partial charge in [0, 0.05) is 6.61 Å². The molecule has 0 saturated heterocycles. The van der Waals surface area contributed by atoms with Gasteiger partial charge in [0.1, 0.15) is 11.0 Å². The Balaban J connectivity index is 3.13. The molecule has 0 aliphatic heterocycles. The maximum atomic E-state index is 11.0. The first kappa shape index (κ1) is 10.3. The molecule has 0 aliphatic carbocycles. The molecule has 10 heavy (non-hydrogen) atoms. The second kappa shape index (κ2) is 6.01. The van der Waals surface area contributed by atoms with Crippen molar-refractivity contribution in [3.63, 3.8) is 0 Å². The van der Waals surface area contributed by atoms with E-state index in [2.05, 4.69) is 6.92 Å². The van der Waals surface area contributed by atoms with Crippen LogP contribution in [0.4, 0.5) is 0 Å². The van der Waals surface area contributed by atoms with Gasteiger partial charge < -0.3 is 9.29 Å². The summed E-state index contributed by atoms with van der Waals surface area (Å²) >= 11 is -0.809. The molecule has 2 atom stereocenters. The van der Waals surface area contributed by atoms with Gasteiger partial charge in [-0.15, -0.1) is 0 Å². The van der Waals surface area contributed by atoms with Gasteiger partial charge in [0.05, 0.1) is 6.61 Å². The van der Waals surface area contributed by atoms with Crippen molar-refractivity contribution >= 4 is 11.2 Å². The van der Waals surface area contributed by atoms with Crippen molar-refractivity contribution in [1.29, 1.82) is 0 Å². The minimum atomic E-state index is -0.809. The summed E-state index contributed by atoms with van der Waals surface area (Å²) in [5, 5.41) is 0.0143. The molecule has 0 aromatic rings. The third-order valence-corrected chi connectivity index (χ3v) is 2.55. The maximum absolute atomic E-state index is 11.0. The second-order valence-electron chi connectivity index (χ2n) is 2.09. The van der Waals surface area contributed by atoms with Crippen molar-refractivity contribution in [2.24, 2.45) is 0 Å². The molecule has 0 amide bonds. The average Bonchev–Trinajstić information content (AvgIpc) is 1.88. The van der Waals surface area contributed by atoms with E-state index in [0.717, 1.165) is 0 Å². The van der Waals surface area contributed by atoms with Crippen LogP contribution >= 0.6 is 0 Å². The monoisotopic (exact) mass is 163 g/mol. The Morgan fingerprint density at radius 3 is 2.70 bits per heavy atom. The van der Waals surface area contributed by atoms with E-state index in [1.165, 1.54) is 0 Å². The molecule has 61 valence electrons. The third kappa shape index (κ3) is 5.09. The summed E-state index contributed by atoms with van der Waals surface area (Å²) in [5.74, 6) is 0.610. The van der Waals surface area contributed by atoms with Crippen molar-refractivity contribution < 1.29 is 9.29 Å². The summed E-state index contributed by atoms with van der Waals surface area (Å²) in [6.07, 6.45) is 0. The lowest BCUT2D eigenvalue weighted by Crippen LogP contribution is -2.21. The topological polar surface area (TPSA) is 32.3 Å². The molecule has 0 aromatic carbocycles. The molecule has 0 saturated carbocycles. The smallest absolute Gasteiger partial charge is 0.129 e. The van der Waals surface area contributed by atoms with Crippen LogP contribution in [-0.2, 0) is 15.9 Å². The molecule has 0 spiro atoms. The highest BCUT2D eigenvalue weighted by atomic mass is 32.2. The Morgan fingerprint density at radius 1 is 1.70 bits per heavy atom. The zero-order valence-corrected chi connectivity index (χ0v) is 7.45. The Morgan fingerprint density at radius 2 is 2.30 bits per heavy atom. The van der Waals surface area contributed by atoms with Crippen LogP contribution in [-0.4, -0.2) is 28.8 Å². The van der Waals surface area contributed by atoms with Gasteiger partial charge in [-0.05, 0) is 31.9 Å². The van der Waals surface area contributed by atoms with Crippen LogP contribution in [0.25, 0.3) is 0 Å². The molecular formula is C7H15O2S. The van der Waals surface area contributed by atoms with Crippen LogP contribution in [0.1, 0.15) is 13.8 Å². The molecule has 1 radical (unpaired) electrons. The first-order chi connectivity index (χ1) is 4.68. The fourth-order valence-electron chi connectivity index (χ4n) is 0.487. The molecule has 3 heteroatoms. The van der Waals surface area contributed by atoms with Crippen molar-refractivity contribution in [3.8, 4) is 0 Å². The fraction of sp³-hybridized carbons (Fsp3) is 0.857. The number of rotatable bonds is 5. The summed E-state index contributed by atoms with van der Waals surface area (Å²) in [6.45, 7) is 8.72. The van der Waals surface area contributed by atoms with Gasteiger partial charge in [-0.2, -0.15) is 0 Å². The largest absolute Gasteiger partial charge is 0.616 e. The van der Waals surface area contributed by atoms with E-state index in [-0.39, 0.29) is 5.25 Å². The zero-order chi connectivity index (χ0) is 7.98. The van der Waals surface area contributed by atoms with Gasteiger partial charge in [-0.3, -0.25) is 0 Å². The van der Waals surface area contributed by atoms with Gasteiger partial charge in [-0.25, -0.2) is 0 Å². The van der Waals surface area contributed by atoms with E-state index in [1.807, 2.05) is 13.8 Å². The minimum absolute atomic E-state index is 0.0143. The standard InChI is InChI=1S/C7H15O2S/c1-4-9-5-6-10(8)7(2)3/h7H,2,4-6H2,1,3H3. The van der Waals surface area contributed by atoms with Crippen LogP contribution < -0.4 is 0 Å². The number of ether oxygens (including phenoxy) is 1. The summed E-state index contributed by atoms with van der Waals surface area (Å²) in [6, 6.07) is 0. The second-order valence-corrected chi connectivity index (χ2v) is 4.07. The molecular weight excluding hydrogens is 148 g/mol. The van der Waals surface area contributed by atoms with Crippen LogP contribution in [0.15, 0.2) is 0 Å². The predicted octanol–water partition coefficient (Wildman–Crippen LogP) is 0.994. The molecule has 0 aromatic heterocycles. The molecule has 0 aliphatic rings. The Hall–Kier alpha value is 0.270. The van der Waals surface area contributed by atoms with Crippen LogP contribution in [0, 0.1) is 6.92 Å². The molecule has 0 rings (SSSR count). The summed E-state index contributed by atoms with van der Waals surface area (Å²) in [5.41, 5.74) is 0. The Labute approximate surface area is 66.1 Å².